The molecular weight excluding hydrogens is 398 g/mol. The fourth-order valence-corrected chi connectivity index (χ4v) is 3.17. The zero-order valence-electron chi connectivity index (χ0n) is 16.9. The minimum Gasteiger partial charge on any atom is -0.461 e. The lowest BCUT2D eigenvalue weighted by Crippen LogP contribution is -2.25. The third kappa shape index (κ3) is 3.93. The summed E-state index contributed by atoms with van der Waals surface area (Å²) in [7, 11) is 1.50. The van der Waals surface area contributed by atoms with E-state index in [0.717, 1.165) is 4.68 Å². The number of anilines is 1. The highest BCUT2D eigenvalue weighted by molar-refractivity contribution is 6.11. The van der Waals surface area contributed by atoms with E-state index in [4.69, 9.17) is 4.74 Å². The number of aromatic nitrogens is 4. The number of nitrogens with one attached hydrogen (secondary N) is 1. The monoisotopic (exact) mass is 417 g/mol. The van der Waals surface area contributed by atoms with Gasteiger partial charge in [0.15, 0.2) is 11.4 Å². The van der Waals surface area contributed by atoms with Crippen LogP contribution in [0, 0.1) is 0 Å². The van der Waals surface area contributed by atoms with Crippen LogP contribution in [0.1, 0.15) is 27.9 Å². The lowest BCUT2D eigenvalue weighted by atomic mass is 10.1. The molecule has 0 aliphatic heterocycles. The van der Waals surface area contributed by atoms with Crippen molar-refractivity contribution in [2.45, 2.75) is 6.92 Å². The van der Waals surface area contributed by atoms with Crippen LogP contribution in [-0.2, 0) is 11.8 Å². The maximum atomic E-state index is 12.9. The van der Waals surface area contributed by atoms with Crippen LogP contribution in [0.3, 0.4) is 0 Å². The van der Waals surface area contributed by atoms with Gasteiger partial charge in [0.2, 0.25) is 0 Å². The second-order valence-electron chi connectivity index (χ2n) is 6.69. The van der Waals surface area contributed by atoms with Crippen molar-refractivity contribution < 1.29 is 14.3 Å². The largest absolute Gasteiger partial charge is 0.461 e. The van der Waals surface area contributed by atoms with Crippen molar-refractivity contribution in [2.24, 2.45) is 7.05 Å². The number of fused-ring (bicyclic) bond motifs is 1. The molecule has 0 aliphatic rings. The summed E-state index contributed by atoms with van der Waals surface area (Å²) in [5.74, 6) is -0.949. The van der Waals surface area contributed by atoms with Crippen LogP contribution < -0.4 is 10.9 Å². The summed E-state index contributed by atoms with van der Waals surface area (Å²) >= 11 is 0. The van der Waals surface area contributed by atoms with Gasteiger partial charge in [0.1, 0.15) is 0 Å². The molecule has 0 aliphatic carbocycles. The summed E-state index contributed by atoms with van der Waals surface area (Å²) in [4.78, 5) is 37.0. The lowest BCUT2D eigenvalue weighted by Gasteiger charge is -2.10. The quantitative estimate of drug-likeness (QED) is 0.500. The number of hydrogen-bond acceptors (Lipinski definition) is 6. The Bertz CT molecular complexity index is 1360. The minimum absolute atomic E-state index is 0.145. The molecule has 9 heteroatoms. The van der Waals surface area contributed by atoms with E-state index < -0.39 is 11.9 Å². The van der Waals surface area contributed by atoms with E-state index in [0.29, 0.717) is 22.1 Å². The number of esters is 1. The van der Waals surface area contributed by atoms with E-state index in [1.165, 1.54) is 11.7 Å². The molecular formula is C22H19N5O4. The Morgan fingerprint density at radius 1 is 1.03 bits per heavy atom. The maximum Gasteiger partial charge on any atom is 0.358 e. The summed E-state index contributed by atoms with van der Waals surface area (Å²) in [6.45, 7) is 1.99. The second kappa shape index (κ2) is 8.23. The van der Waals surface area contributed by atoms with Gasteiger partial charge in [-0.05, 0) is 37.3 Å². The predicted octanol–water partition coefficient (Wildman–Crippen LogP) is 2.55. The molecule has 1 amide bonds. The number of carbonyl (C=O) groups excluding carboxylic acids is 2. The summed E-state index contributed by atoms with van der Waals surface area (Å²) in [5, 5.41) is 12.1. The van der Waals surface area contributed by atoms with Gasteiger partial charge in [0, 0.05) is 24.3 Å². The number of hydrogen-bond donors (Lipinski definition) is 1. The Morgan fingerprint density at radius 2 is 1.81 bits per heavy atom. The summed E-state index contributed by atoms with van der Waals surface area (Å²) in [6, 6.07) is 15.4. The van der Waals surface area contributed by atoms with Crippen LogP contribution >= 0.6 is 0 Å². The van der Waals surface area contributed by atoms with Gasteiger partial charge in [-0.3, -0.25) is 9.59 Å². The Labute approximate surface area is 176 Å². The van der Waals surface area contributed by atoms with Crippen LogP contribution in [0.5, 0.6) is 0 Å². The van der Waals surface area contributed by atoms with Crippen molar-refractivity contribution in [3.05, 3.63) is 82.5 Å². The number of carbonyl (C=O) groups is 2. The van der Waals surface area contributed by atoms with Gasteiger partial charge in [0.25, 0.3) is 11.5 Å². The van der Waals surface area contributed by atoms with E-state index in [1.807, 2.05) is 0 Å². The van der Waals surface area contributed by atoms with Gasteiger partial charge in [-0.25, -0.2) is 14.2 Å². The van der Waals surface area contributed by atoms with E-state index in [9.17, 15) is 14.4 Å². The van der Waals surface area contributed by atoms with E-state index in [2.05, 4.69) is 15.5 Å². The minimum atomic E-state index is -0.502. The second-order valence-corrected chi connectivity index (χ2v) is 6.69. The molecule has 2 aromatic heterocycles. The maximum absolute atomic E-state index is 12.9. The van der Waals surface area contributed by atoms with Gasteiger partial charge < -0.3 is 10.1 Å². The molecule has 0 spiro atoms. The van der Waals surface area contributed by atoms with Crippen LogP contribution in [-0.4, -0.2) is 38.0 Å². The first-order valence-electron chi connectivity index (χ1n) is 9.58. The molecule has 4 rings (SSSR count). The number of benzene rings is 2. The van der Waals surface area contributed by atoms with Crippen molar-refractivity contribution in [2.75, 3.05) is 11.9 Å². The van der Waals surface area contributed by atoms with Gasteiger partial charge in [-0.2, -0.15) is 10.2 Å². The van der Waals surface area contributed by atoms with Crippen LogP contribution in [0.2, 0.25) is 0 Å². The number of aryl methyl sites for hydroxylation is 1. The lowest BCUT2D eigenvalue weighted by molar-refractivity contribution is 0.0519. The fourth-order valence-electron chi connectivity index (χ4n) is 3.17. The van der Waals surface area contributed by atoms with E-state index in [-0.39, 0.29) is 23.6 Å². The highest BCUT2D eigenvalue weighted by atomic mass is 16.5. The smallest absolute Gasteiger partial charge is 0.358 e. The zero-order valence-corrected chi connectivity index (χ0v) is 16.9. The topological polar surface area (TPSA) is 108 Å². The summed E-state index contributed by atoms with van der Waals surface area (Å²) in [5.41, 5.74) is 1.22. The molecule has 9 nitrogen and oxygen atoms in total. The molecule has 0 radical (unpaired) electrons. The summed E-state index contributed by atoms with van der Waals surface area (Å²) < 4.78 is 7.62. The van der Waals surface area contributed by atoms with Gasteiger partial charge in [-0.1, -0.05) is 24.3 Å². The Hall–Kier alpha value is -4.27. The van der Waals surface area contributed by atoms with Gasteiger partial charge in [-0.15, -0.1) is 0 Å². The first-order valence-corrected chi connectivity index (χ1v) is 9.58. The van der Waals surface area contributed by atoms with Crippen LogP contribution in [0.15, 0.2) is 65.6 Å². The number of rotatable bonds is 5. The SMILES string of the molecule is CCOC(=O)c1ccn(-c2cccc(NC(=O)c3nn(C)c(=O)c4ccccc34)c2)n1. The van der Waals surface area contributed by atoms with E-state index in [1.54, 1.807) is 67.7 Å². The number of ether oxygens (including phenoxy) is 1. The van der Waals surface area contributed by atoms with Crippen molar-refractivity contribution in [1.82, 2.24) is 19.6 Å². The van der Waals surface area contributed by atoms with Gasteiger partial charge in [0.05, 0.1) is 17.7 Å². The first-order chi connectivity index (χ1) is 15.0. The van der Waals surface area contributed by atoms with Crippen molar-refractivity contribution >= 4 is 28.3 Å². The first kappa shape index (κ1) is 20.0. The molecule has 0 saturated carbocycles. The summed E-state index contributed by atoms with van der Waals surface area (Å²) in [6.07, 6.45) is 1.63. The standard InChI is InChI=1S/C22H19N5O4/c1-3-31-22(30)18-11-12-27(24-18)15-8-6-7-14(13-15)23-20(28)19-16-9-4-5-10-17(16)21(29)26(2)25-19/h4-13H,3H2,1-2H3,(H,23,28). The third-order valence-electron chi connectivity index (χ3n) is 4.61. The van der Waals surface area contributed by atoms with Crippen molar-refractivity contribution in [3.8, 4) is 5.69 Å². The van der Waals surface area contributed by atoms with Crippen molar-refractivity contribution in [1.29, 1.82) is 0 Å². The zero-order chi connectivity index (χ0) is 22.0. The average molecular weight is 417 g/mol. The molecule has 1 N–H and O–H groups in total. The molecule has 0 unspecified atom stereocenters. The van der Waals surface area contributed by atoms with Crippen LogP contribution in [0.25, 0.3) is 16.5 Å². The predicted molar refractivity (Wildman–Crippen MR) is 114 cm³/mol. The molecule has 156 valence electrons. The fraction of sp³-hybridized carbons (Fsp3) is 0.136. The highest BCUT2D eigenvalue weighted by Crippen LogP contribution is 2.18. The van der Waals surface area contributed by atoms with Gasteiger partial charge >= 0.3 is 5.97 Å². The Balaban J connectivity index is 1.63. The molecule has 31 heavy (non-hydrogen) atoms. The van der Waals surface area contributed by atoms with Crippen molar-refractivity contribution in [3.63, 3.8) is 0 Å². The molecule has 4 aromatic rings. The average Bonchev–Trinajstić information content (AvgIpc) is 3.27. The number of nitrogens with zero attached hydrogens (tertiary/aromatic N) is 4. The van der Waals surface area contributed by atoms with Crippen LogP contribution in [0.4, 0.5) is 5.69 Å². The molecule has 2 heterocycles. The molecule has 0 saturated heterocycles. The molecule has 0 atom stereocenters. The Morgan fingerprint density at radius 3 is 2.58 bits per heavy atom. The highest BCUT2D eigenvalue weighted by Gasteiger charge is 2.16. The molecule has 2 aromatic carbocycles. The Kier molecular flexibility index (Phi) is 5.31. The van der Waals surface area contributed by atoms with E-state index >= 15 is 0 Å². The third-order valence-corrected chi connectivity index (χ3v) is 4.61. The molecule has 0 fully saturated rings. The normalized spacial score (nSPS) is 10.8. The molecule has 0 bridgehead atoms. The number of amides is 1.